The van der Waals surface area contributed by atoms with Crippen molar-refractivity contribution < 1.29 is 0 Å². The molecule has 0 amide bonds. The molecule has 0 spiro atoms. The number of hydrogen-bond acceptors (Lipinski definition) is 5. The second-order valence-corrected chi connectivity index (χ2v) is 8.82. The smallest absolute Gasteiger partial charge is 0.267 e. The van der Waals surface area contributed by atoms with Gasteiger partial charge in [0.05, 0.1) is 23.1 Å². The van der Waals surface area contributed by atoms with Crippen LogP contribution in [-0.4, -0.2) is 15.3 Å². The molecule has 4 nitrogen and oxygen atoms in total. The summed E-state index contributed by atoms with van der Waals surface area (Å²) in [6.45, 7) is 3.92. The van der Waals surface area contributed by atoms with E-state index in [1.807, 2.05) is 38.1 Å². The van der Waals surface area contributed by atoms with Crippen LogP contribution in [0.1, 0.15) is 29.3 Å². The Hall–Kier alpha value is -2.10. The molecular formula is C20H19N3OS2. The van der Waals surface area contributed by atoms with Gasteiger partial charge in [0.2, 0.25) is 0 Å². The molecule has 0 aliphatic heterocycles. The number of rotatable bonds is 4. The fraction of sp³-hybridized carbons (Fsp3) is 0.350. The van der Waals surface area contributed by atoms with Crippen molar-refractivity contribution >= 4 is 33.3 Å². The molecule has 2 aromatic heterocycles. The Morgan fingerprint density at radius 3 is 2.85 bits per heavy atom. The van der Waals surface area contributed by atoms with E-state index < -0.39 is 0 Å². The van der Waals surface area contributed by atoms with Crippen LogP contribution in [0.4, 0.5) is 0 Å². The first-order chi connectivity index (χ1) is 12.6. The van der Waals surface area contributed by atoms with Gasteiger partial charge in [0.25, 0.3) is 5.56 Å². The van der Waals surface area contributed by atoms with E-state index in [4.69, 9.17) is 10.2 Å². The zero-order valence-electron chi connectivity index (χ0n) is 14.8. The summed E-state index contributed by atoms with van der Waals surface area (Å²) in [6.07, 6.45) is 3.14. The van der Waals surface area contributed by atoms with Gasteiger partial charge in [0.1, 0.15) is 4.83 Å². The molecule has 1 atom stereocenters. The van der Waals surface area contributed by atoms with Crippen LogP contribution in [0, 0.1) is 24.2 Å². The summed E-state index contributed by atoms with van der Waals surface area (Å²) < 4.78 is 1.72. The van der Waals surface area contributed by atoms with Crippen LogP contribution in [0.25, 0.3) is 15.9 Å². The molecule has 0 saturated carbocycles. The van der Waals surface area contributed by atoms with E-state index in [0.29, 0.717) is 10.9 Å². The third-order valence-electron chi connectivity index (χ3n) is 4.68. The molecule has 0 saturated heterocycles. The number of thiophene rings is 1. The predicted molar refractivity (Wildman–Crippen MR) is 107 cm³/mol. The summed E-state index contributed by atoms with van der Waals surface area (Å²) in [5, 5.41) is 10.6. The van der Waals surface area contributed by atoms with E-state index in [9.17, 15) is 4.79 Å². The third-order valence-corrected chi connectivity index (χ3v) is 7.07. The maximum absolute atomic E-state index is 13.4. The van der Waals surface area contributed by atoms with Crippen molar-refractivity contribution in [3.63, 3.8) is 0 Å². The van der Waals surface area contributed by atoms with Crippen LogP contribution in [0.3, 0.4) is 0 Å². The number of aryl methyl sites for hydroxylation is 3. The Kier molecular flexibility index (Phi) is 4.60. The van der Waals surface area contributed by atoms with Crippen molar-refractivity contribution in [3.05, 3.63) is 50.6 Å². The molecule has 132 valence electrons. The molecule has 0 N–H and O–H groups in total. The van der Waals surface area contributed by atoms with Gasteiger partial charge in [-0.05, 0) is 50.8 Å². The fourth-order valence-corrected chi connectivity index (χ4v) is 5.54. The number of aromatic nitrogens is 2. The second kappa shape index (κ2) is 6.90. The van der Waals surface area contributed by atoms with Crippen LogP contribution in [0.5, 0.6) is 0 Å². The Labute approximate surface area is 160 Å². The summed E-state index contributed by atoms with van der Waals surface area (Å²) in [5.41, 5.74) is 3.20. The molecule has 1 aliphatic rings. The van der Waals surface area contributed by atoms with Crippen LogP contribution >= 0.6 is 23.1 Å². The van der Waals surface area contributed by atoms with E-state index in [2.05, 4.69) is 6.07 Å². The van der Waals surface area contributed by atoms with Crippen LogP contribution in [-0.2, 0) is 12.8 Å². The minimum atomic E-state index is -0.0904. The lowest BCUT2D eigenvalue weighted by Crippen LogP contribution is -2.22. The summed E-state index contributed by atoms with van der Waals surface area (Å²) >= 11 is 3.14. The first-order valence-corrected chi connectivity index (χ1v) is 10.6. The monoisotopic (exact) mass is 381 g/mol. The zero-order valence-corrected chi connectivity index (χ0v) is 16.4. The summed E-state index contributed by atoms with van der Waals surface area (Å²) in [7, 11) is 0. The van der Waals surface area contributed by atoms with E-state index in [0.717, 1.165) is 40.7 Å². The zero-order chi connectivity index (χ0) is 18.3. The highest BCUT2D eigenvalue weighted by Crippen LogP contribution is 2.36. The van der Waals surface area contributed by atoms with E-state index in [1.165, 1.54) is 22.2 Å². The largest absolute Gasteiger partial charge is 0.268 e. The van der Waals surface area contributed by atoms with Gasteiger partial charge in [-0.25, -0.2) is 4.98 Å². The summed E-state index contributed by atoms with van der Waals surface area (Å²) in [5.74, 6) is 0.526. The first-order valence-electron chi connectivity index (χ1n) is 8.75. The lowest BCUT2D eigenvalue weighted by Gasteiger charge is -2.13. The SMILES string of the molecule is Cc1ccc(-n2c(SC[C@@H](C)C#N)nc3sc4c(c3c2=O)CCC4)cc1. The molecule has 4 rings (SSSR count). The molecule has 3 aromatic rings. The topological polar surface area (TPSA) is 58.7 Å². The van der Waals surface area contributed by atoms with Crippen LogP contribution < -0.4 is 5.56 Å². The van der Waals surface area contributed by atoms with Crippen molar-refractivity contribution in [1.29, 1.82) is 5.26 Å². The number of thioether (sulfide) groups is 1. The highest BCUT2D eigenvalue weighted by molar-refractivity contribution is 7.99. The highest BCUT2D eigenvalue weighted by Gasteiger charge is 2.24. The number of nitriles is 1. The Morgan fingerprint density at radius 1 is 1.35 bits per heavy atom. The Bertz CT molecular complexity index is 1070. The van der Waals surface area contributed by atoms with Crippen molar-refractivity contribution in [3.8, 4) is 11.8 Å². The summed E-state index contributed by atoms with van der Waals surface area (Å²) in [6, 6.07) is 10.2. The predicted octanol–water partition coefficient (Wildman–Crippen LogP) is 4.50. The normalized spacial score (nSPS) is 14.3. The van der Waals surface area contributed by atoms with E-state index in [1.54, 1.807) is 15.9 Å². The van der Waals surface area contributed by atoms with Crippen molar-refractivity contribution in [1.82, 2.24) is 9.55 Å². The molecule has 0 unspecified atom stereocenters. The maximum Gasteiger partial charge on any atom is 0.267 e. The molecule has 0 fully saturated rings. The standard InChI is InChI=1S/C20H19N3OS2/c1-12-6-8-14(9-7-12)23-19(24)17-15-4-3-5-16(15)26-18(17)22-20(23)25-11-13(2)10-21/h6-9,13H,3-5,11H2,1-2H3/t13-/m0/s1. The summed E-state index contributed by atoms with van der Waals surface area (Å²) in [4.78, 5) is 20.4. The molecule has 1 aromatic carbocycles. The fourth-order valence-electron chi connectivity index (χ4n) is 3.28. The minimum Gasteiger partial charge on any atom is -0.268 e. The van der Waals surface area contributed by atoms with Gasteiger partial charge >= 0.3 is 0 Å². The van der Waals surface area contributed by atoms with Gasteiger partial charge in [-0.3, -0.25) is 9.36 Å². The van der Waals surface area contributed by atoms with Crippen molar-refractivity contribution in [2.75, 3.05) is 5.75 Å². The lowest BCUT2D eigenvalue weighted by atomic mass is 10.2. The van der Waals surface area contributed by atoms with Crippen LogP contribution in [0.15, 0.2) is 34.2 Å². The first kappa shape index (κ1) is 17.3. The lowest BCUT2D eigenvalue weighted by molar-refractivity contribution is 0.808. The number of benzene rings is 1. The molecular weight excluding hydrogens is 362 g/mol. The quantitative estimate of drug-likeness (QED) is 0.493. The van der Waals surface area contributed by atoms with Gasteiger partial charge in [-0.15, -0.1) is 11.3 Å². The minimum absolute atomic E-state index is 0.0189. The highest BCUT2D eigenvalue weighted by atomic mass is 32.2. The van der Waals surface area contributed by atoms with E-state index >= 15 is 0 Å². The van der Waals surface area contributed by atoms with Gasteiger partial charge in [-0.1, -0.05) is 29.5 Å². The number of nitrogens with zero attached hydrogens (tertiary/aromatic N) is 3. The molecule has 0 radical (unpaired) electrons. The Balaban J connectivity index is 1.93. The Morgan fingerprint density at radius 2 is 2.12 bits per heavy atom. The molecule has 6 heteroatoms. The van der Waals surface area contributed by atoms with E-state index in [-0.39, 0.29) is 11.5 Å². The average Bonchev–Trinajstić information content (AvgIpc) is 3.21. The van der Waals surface area contributed by atoms with Gasteiger partial charge in [0, 0.05) is 10.6 Å². The number of hydrogen-bond donors (Lipinski definition) is 0. The maximum atomic E-state index is 13.4. The molecule has 1 aliphatic carbocycles. The van der Waals surface area contributed by atoms with Gasteiger partial charge in [-0.2, -0.15) is 5.26 Å². The molecule has 26 heavy (non-hydrogen) atoms. The second-order valence-electron chi connectivity index (χ2n) is 6.75. The molecule has 0 bridgehead atoms. The van der Waals surface area contributed by atoms with Gasteiger partial charge in [0.15, 0.2) is 5.16 Å². The number of fused-ring (bicyclic) bond motifs is 3. The average molecular weight is 382 g/mol. The van der Waals surface area contributed by atoms with Crippen LogP contribution in [0.2, 0.25) is 0 Å². The van der Waals surface area contributed by atoms with Crippen molar-refractivity contribution in [2.24, 2.45) is 5.92 Å². The molecule has 2 heterocycles. The third kappa shape index (κ3) is 2.95. The van der Waals surface area contributed by atoms with Crippen molar-refractivity contribution in [2.45, 2.75) is 38.3 Å². The van der Waals surface area contributed by atoms with Gasteiger partial charge < -0.3 is 0 Å².